The van der Waals surface area contributed by atoms with Crippen LogP contribution in [0.2, 0.25) is 5.02 Å². The summed E-state index contributed by atoms with van der Waals surface area (Å²) in [5.41, 5.74) is 1.93. The smallest absolute Gasteiger partial charge is 0.335 e. The third-order valence-electron chi connectivity index (χ3n) is 3.44. The number of carboxylic acid groups (broad SMARTS) is 1. The lowest BCUT2D eigenvalue weighted by Gasteiger charge is -2.09. The van der Waals surface area contributed by atoms with Crippen molar-refractivity contribution >= 4 is 34.9 Å². The van der Waals surface area contributed by atoms with Gasteiger partial charge < -0.3 is 15.7 Å². The number of hydrogen-bond donors (Lipinski definition) is 3. The molecule has 0 aliphatic rings. The molecule has 1 heterocycles. The number of halogens is 1. The summed E-state index contributed by atoms with van der Waals surface area (Å²) in [6.07, 6.45) is 1.44. The van der Waals surface area contributed by atoms with E-state index >= 15 is 0 Å². The molecule has 7 heteroatoms. The van der Waals surface area contributed by atoms with Gasteiger partial charge in [0.25, 0.3) is 0 Å². The Hall–Kier alpha value is -3.12. The third kappa shape index (κ3) is 4.68. The first kappa shape index (κ1) is 16.7. The highest BCUT2D eigenvalue weighted by Gasteiger charge is 2.05. The zero-order valence-electron chi connectivity index (χ0n) is 13.1. The van der Waals surface area contributed by atoms with Crippen molar-refractivity contribution in [3.8, 4) is 0 Å². The first-order chi connectivity index (χ1) is 12.1. The maximum absolute atomic E-state index is 11.0. The molecule has 2 aromatic carbocycles. The van der Waals surface area contributed by atoms with Crippen LogP contribution in [0.5, 0.6) is 0 Å². The lowest BCUT2D eigenvalue weighted by molar-refractivity contribution is 0.0697. The Kier molecular flexibility index (Phi) is 5.11. The second-order valence-electron chi connectivity index (χ2n) is 5.28. The van der Waals surface area contributed by atoms with E-state index in [9.17, 15) is 4.79 Å². The number of rotatable bonds is 6. The average molecular weight is 355 g/mol. The van der Waals surface area contributed by atoms with Crippen molar-refractivity contribution in [3.05, 3.63) is 77.1 Å². The van der Waals surface area contributed by atoms with Gasteiger partial charge in [0.15, 0.2) is 0 Å². The van der Waals surface area contributed by atoms with E-state index in [4.69, 9.17) is 16.7 Å². The fourth-order valence-corrected chi connectivity index (χ4v) is 2.32. The van der Waals surface area contributed by atoms with Crippen LogP contribution in [0.4, 0.5) is 17.3 Å². The summed E-state index contributed by atoms with van der Waals surface area (Å²) in [6.45, 7) is 0.599. The highest BCUT2D eigenvalue weighted by atomic mass is 35.5. The van der Waals surface area contributed by atoms with Crippen LogP contribution in [0.3, 0.4) is 0 Å². The normalized spacial score (nSPS) is 10.3. The molecule has 0 amide bonds. The Morgan fingerprint density at radius 3 is 2.56 bits per heavy atom. The van der Waals surface area contributed by atoms with Crippen molar-refractivity contribution in [2.75, 3.05) is 10.6 Å². The highest BCUT2D eigenvalue weighted by molar-refractivity contribution is 6.30. The summed E-state index contributed by atoms with van der Waals surface area (Å²) in [7, 11) is 0. The lowest BCUT2D eigenvalue weighted by atomic mass is 10.2. The van der Waals surface area contributed by atoms with Crippen molar-refractivity contribution in [2.24, 2.45) is 0 Å². The van der Waals surface area contributed by atoms with E-state index in [2.05, 4.69) is 20.6 Å². The van der Waals surface area contributed by atoms with Crippen LogP contribution in [0, 0.1) is 0 Å². The molecule has 0 saturated carbocycles. The summed E-state index contributed by atoms with van der Waals surface area (Å²) in [4.78, 5) is 19.4. The second-order valence-corrected chi connectivity index (χ2v) is 5.72. The van der Waals surface area contributed by atoms with Crippen LogP contribution in [0.1, 0.15) is 15.9 Å². The van der Waals surface area contributed by atoms with E-state index in [-0.39, 0.29) is 5.56 Å². The molecule has 1 aromatic heterocycles. The van der Waals surface area contributed by atoms with Gasteiger partial charge in [-0.05, 0) is 35.9 Å². The number of nitrogens with zero attached hydrogens (tertiary/aromatic N) is 2. The molecule has 0 saturated heterocycles. The van der Waals surface area contributed by atoms with E-state index in [0.29, 0.717) is 28.9 Å². The van der Waals surface area contributed by atoms with Crippen LogP contribution < -0.4 is 10.6 Å². The number of aromatic carboxylic acids is 1. The van der Waals surface area contributed by atoms with Crippen molar-refractivity contribution < 1.29 is 9.90 Å². The molecule has 3 aromatic rings. The Morgan fingerprint density at radius 2 is 1.80 bits per heavy atom. The maximum Gasteiger partial charge on any atom is 0.335 e. The predicted molar refractivity (Wildman–Crippen MR) is 97.5 cm³/mol. The van der Waals surface area contributed by atoms with Gasteiger partial charge in [-0.3, -0.25) is 0 Å². The average Bonchev–Trinajstić information content (AvgIpc) is 2.62. The van der Waals surface area contributed by atoms with Crippen LogP contribution in [0.15, 0.2) is 60.9 Å². The summed E-state index contributed by atoms with van der Waals surface area (Å²) >= 11 is 5.87. The molecular weight excluding hydrogens is 340 g/mol. The predicted octanol–water partition coefficient (Wildman–Crippen LogP) is 4.18. The van der Waals surface area contributed by atoms with Gasteiger partial charge in [-0.15, -0.1) is 0 Å². The molecule has 3 rings (SSSR count). The number of carboxylic acids is 1. The molecule has 3 N–H and O–H groups in total. The topological polar surface area (TPSA) is 87.1 Å². The van der Waals surface area contributed by atoms with Crippen LogP contribution in [-0.4, -0.2) is 21.0 Å². The Balaban J connectivity index is 1.68. The van der Waals surface area contributed by atoms with Gasteiger partial charge in [0, 0.05) is 23.3 Å². The summed E-state index contributed by atoms with van der Waals surface area (Å²) in [6, 6.07) is 15.8. The Labute approximate surface area is 149 Å². The molecule has 0 aliphatic carbocycles. The van der Waals surface area contributed by atoms with Crippen molar-refractivity contribution in [1.29, 1.82) is 0 Å². The largest absolute Gasteiger partial charge is 0.478 e. The number of benzene rings is 2. The van der Waals surface area contributed by atoms with E-state index in [1.165, 1.54) is 12.4 Å². The fourth-order valence-electron chi connectivity index (χ4n) is 2.20. The van der Waals surface area contributed by atoms with E-state index in [1.807, 2.05) is 24.3 Å². The van der Waals surface area contributed by atoms with Gasteiger partial charge >= 0.3 is 5.97 Å². The molecule has 25 heavy (non-hydrogen) atoms. The standard InChI is InChI=1S/C18H15ClN4O2/c19-14-6-4-12(5-7-14)10-20-16-9-17(22-11-21-16)23-15-3-1-2-13(8-15)18(24)25/h1-9,11H,10H2,(H,24,25)(H2,20,21,22,23). The molecule has 0 radical (unpaired) electrons. The minimum absolute atomic E-state index is 0.208. The number of carbonyl (C=O) groups is 1. The van der Waals surface area contributed by atoms with Crippen LogP contribution in [-0.2, 0) is 6.54 Å². The summed E-state index contributed by atoms with van der Waals surface area (Å²) in [5.74, 6) is 0.245. The zero-order valence-corrected chi connectivity index (χ0v) is 13.9. The number of anilines is 3. The fraction of sp³-hybridized carbons (Fsp3) is 0.0556. The van der Waals surface area contributed by atoms with E-state index in [1.54, 1.807) is 24.3 Å². The van der Waals surface area contributed by atoms with Gasteiger partial charge in [0.2, 0.25) is 0 Å². The van der Waals surface area contributed by atoms with Gasteiger partial charge in [-0.25, -0.2) is 14.8 Å². The van der Waals surface area contributed by atoms with Gasteiger partial charge in [-0.1, -0.05) is 29.8 Å². The quantitative estimate of drug-likeness (QED) is 0.615. The van der Waals surface area contributed by atoms with Crippen LogP contribution >= 0.6 is 11.6 Å². The van der Waals surface area contributed by atoms with E-state index in [0.717, 1.165) is 5.56 Å². The maximum atomic E-state index is 11.0. The molecule has 0 aliphatic heterocycles. The van der Waals surface area contributed by atoms with Crippen molar-refractivity contribution in [2.45, 2.75) is 6.54 Å². The van der Waals surface area contributed by atoms with Gasteiger partial charge in [0.05, 0.1) is 5.56 Å². The molecule has 126 valence electrons. The molecule has 0 spiro atoms. The molecule has 0 bridgehead atoms. The number of nitrogens with one attached hydrogen (secondary N) is 2. The second kappa shape index (κ2) is 7.63. The first-order valence-electron chi connectivity index (χ1n) is 7.51. The summed E-state index contributed by atoms with van der Waals surface area (Å²) in [5, 5.41) is 16.0. The van der Waals surface area contributed by atoms with Gasteiger partial charge in [0.1, 0.15) is 18.0 Å². The minimum atomic E-state index is -0.975. The SMILES string of the molecule is O=C(O)c1cccc(Nc2cc(NCc3ccc(Cl)cc3)ncn2)c1. The highest BCUT2D eigenvalue weighted by Crippen LogP contribution is 2.18. The molecule has 0 unspecified atom stereocenters. The molecule has 0 fully saturated rings. The third-order valence-corrected chi connectivity index (χ3v) is 3.69. The number of aromatic nitrogens is 2. The lowest BCUT2D eigenvalue weighted by Crippen LogP contribution is -2.03. The Bertz CT molecular complexity index is 884. The van der Waals surface area contributed by atoms with E-state index < -0.39 is 5.97 Å². The minimum Gasteiger partial charge on any atom is -0.478 e. The summed E-state index contributed by atoms with van der Waals surface area (Å²) < 4.78 is 0. The monoisotopic (exact) mass is 354 g/mol. The van der Waals surface area contributed by atoms with Crippen LogP contribution in [0.25, 0.3) is 0 Å². The van der Waals surface area contributed by atoms with Crippen molar-refractivity contribution in [3.63, 3.8) is 0 Å². The van der Waals surface area contributed by atoms with Crippen molar-refractivity contribution in [1.82, 2.24) is 9.97 Å². The zero-order chi connectivity index (χ0) is 17.6. The Morgan fingerprint density at radius 1 is 1.04 bits per heavy atom. The molecule has 6 nitrogen and oxygen atoms in total. The first-order valence-corrected chi connectivity index (χ1v) is 7.89. The van der Waals surface area contributed by atoms with Gasteiger partial charge in [-0.2, -0.15) is 0 Å². The number of hydrogen-bond acceptors (Lipinski definition) is 5. The molecular formula is C18H15ClN4O2. The molecule has 0 atom stereocenters.